The predicted molar refractivity (Wildman–Crippen MR) is 41.6 cm³/mol. The zero-order valence-corrected chi connectivity index (χ0v) is 6.25. The standard InChI is InChI=1S/C6H15N3O/c1-2-3-5(10)4-9-6(7)8/h5,10H,2-4H2,1H3,(H4,7,8,9). The average Bonchev–Trinajstić information content (AvgIpc) is 1.85. The Balaban J connectivity index is 3.38. The second kappa shape index (κ2) is 5.05. The van der Waals surface area contributed by atoms with Gasteiger partial charge in [-0.05, 0) is 6.42 Å². The van der Waals surface area contributed by atoms with Crippen LogP contribution in [-0.4, -0.2) is 23.7 Å². The summed E-state index contributed by atoms with van der Waals surface area (Å²) in [4.78, 5) is 3.67. The average molecular weight is 145 g/mol. The van der Waals surface area contributed by atoms with E-state index in [-0.39, 0.29) is 5.96 Å². The zero-order chi connectivity index (χ0) is 7.98. The number of nitrogens with zero attached hydrogens (tertiary/aromatic N) is 1. The van der Waals surface area contributed by atoms with E-state index >= 15 is 0 Å². The van der Waals surface area contributed by atoms with Crippen LogP contribution in [0.2, 0.25) is 0 Å². The topological polar surface area (TPSA) is 84.6 Å². The van der Waals surface area contributed by atoms with Crippen LogP contribution in [-0.2, 0) is 0 Å². The summed E-state index contributed by atoms with van der Waals surface area (Å²) in [6, 6.07) is 0. The molecule has 0 heterocycles. The first-order valence-electron chi connectivity index (χ1n) is 3.40. The molecule has 0 radical (unpaired) electrons. The first-order chi connectivity index (χ1) is 4.66. The molecule has 1 atom stereocenters. The number of nitrogens with two attached hydrogens (primary N) is 2. The van der Waals surface area contributed by atoms with Crippen LogP contribution in [0.4, 0.5) is 0 Å². The maximum Gasteiger partial charge on any atom is 0.185 e. The summed E-state index contributed by atoms with van der Waals surface area (Å²) in [5, 5.41) is 9.08. The van der Waals surface area contributed by atoms with Crippen LogP contribution >= 0.6 is 0 Å². The van der Waals surface area contributed by atoms with Crippen LogP contribution in [0.15, 0.2) is 4.99 Å². The molecule has 0 aliphatic heterocycles. The molecule has 0 aromatic rings. The number of guanidine groups is 1. The van der Waals surface area contributed by atoms with Crippen LogP contribution in [0.3, 0.4) is 0 Å². The minimum atomic E-state index is -0.396. The molecule has 0 rings (SSSR count). The molecule has 0 saturated carbocycles. The van der Waals surface area contributed by atoms with E-state index in [1.54, 1.807) is 0 Å². The van der Waals surface area contributed by atoms with Gasteiger partial charge in [0.05, 0.1) is 12.6 Å². The molecule has 60 valence electrons. The number of aliphatic hydroxyl groups excluding tert-OH is 1. The van der Waals surface area contributed by atoms with E-state index in [0.29, 0.717) is 6.54 Å². The molecular formula is C6H15N3O. The molecule has 0 saturated heterocycles. The fraction of sp³-hybridized carbons (Fsp3) is 0.833. The molecule has 10 heavy (non-hydrogen) atoms. The quantitative estimate of drug-likeness (QED) is 0.365. The van der Waals surface area contributed by atoms with Gasteiger partial charge in [-0.3, -0.25) is 4.99 Å². The fourth-order valence-corrected chi connectivity index (χ4v) is 0.635. The summed E-state index contributed by atoms with van der Waals surface area (Å²) in [6.45, 7) is 2.31. The number of hydrogen-bond donors (Lipinski definition) is 3. The number of hydrogen-bond acceptors (Lipinski definition) is 2. The van der Waals surface area contributed by atoms with E-state index in [2.05, 4.69) is 4.99 Å². The van der Waals surface area contributed by atoms with Gasteiger partial charge in [-0.15, -0.1) is 0 Å². The van der Waals surface area contributed by atoms with Crippen LogP contribution in [0.25, 0.3) is 0 Å². The molecule has 0 aliphatic rings. The van der Waals surface area contributed by atoms with Crippen molar-refractivity contribution in [3.63, 3.8) is 0 Å². The number of aliphatic imine (C=N–C) groups is 1. The van der Waals surface area contributed by atoms with Gasteiger partial charge in [-0.25, -0.2) is 0 Å². The molecule has 1 unspecified atom stereocenters. The van der Waals surface area contributed by atoms with Gasteiger partial charge in [0.25, 0.3) is 0 Å². The summed E-state index contributed by atoms with van der Waals surface area (Å²) in [6.07, 6.45) is 1.30. The maximum atomic E-state index is 9.08. The lowest BCUT2D eigenvalue weighted by Gasteiger charge is -2.03. The molecule has 0 aromatic heterocycles. The Morgan fingerprint density at radius 1 is 1.60 bits per heavy atom. The highest BCUT2D eigenvalue weighted by molar-refractivity contribution is 5.75. The molecule has 5 N–H and O–H groups in total. The second-order valence-corrected chi connectivity index (χ2v) is 2.21. The predicted octanol–water partition coefficient (Wildman–Crippen LogP) is -0.579. The number of aliphatic hydroxyl groups is 1. The van der Waals surface area contributed by atoms with Crippen LogP contribution in [0.1, 0.15) is 19.8 Å². The van der Waals surface area contributed by atoms with E-state index in [1.807, 2.05) is 6.92 Å². The first-order valence-corrected chi connectivity index (χ1v) is 3.40. The molecular weight excluding hydrogens is 130 g/mol. The van der Waals surface area contributed by atoms with E-state index in [0.717, 1.165) is 12.8 Å². The molecule has 4 nitrogen and oxygen atoms in total. The van der Waals surface area contributed by atoms with Gasteiger partial charge in [0.2, 0.25) is 0 Å². The molecule has 0 fully saturated rings. The minimum absolute atomic E-state index is 0.0372. The Kier molecular flexibility index (Phi) is 4.66. The van der Waals surface area contributed by atoms with E-state index < -0.39 is 6.10 Å². The van der Waals surface area contributed by atoms with Gasteiger partial charge in [-0.1, -0.05) is 13.3 Å². The van der Waals surface area contributed by atoms with Crippen molar-refractivity contribution in [1.82, 2.24) is 0 Å². The van der Waals surface area contributed by atoms with Crippen molar-refractivity contribution in [2.45, 2.75) is 25.9 Å². The van der Waals surface area contributed by atoms with Crippen LogP contribution in [0.5, 0.6) is 0 Å². The minimum Gasteiger partial charge on any atom is -0.391 e. The highest BCUT2D eigenvalue weighted by Gasteiger charge is 1.99. The highest BCUT2D eigenvalue weighted by Crippen LogP contribution is 1.95. The monoisotopic (exact) mass is 145 g/mol. The molecule has 0 aromatic carbocycles. The van der Waals surface area contributed by atoms with Crippen molar-refractivity contribution in [3.05, 3.63) is 0 Å². The molecule has 0 amide bonds. The third-order valence-electron chi connectivity index (χ3n) is 1.11. The molecule has 0 spiro atoms. The van der Waals surface area contributed by atoms with Crippen molar-refractivity contribution < 1.29 is 5.11 Å². The molecule has 0 aliphatic carbocycles. The lowest BCUT2D eigenvalue weighted by Crippen LogP contribution is -2.25. The van der Waals surface area contributed by atoms with Crippen LogP contribution in [0, 0.1) is 0 Å². The molecule has 0 bridgehead atoms. The van der Waals surface area contributed by atoms with E-state index in [4.69, 9.17) is 16.6 Å². The lowest BCUT2D eigenvalue weighted by molar-refractivity contribution is 0.172. The van der Waals surface area contributed by atoms with Crippen molar-refractivity contribution in [3.8, 4) is 0 Å². The summed E-state index contributed by atoms with van der Waals surface area (Å²) >= 11 is 0. The highest BCUT2D eigenvalue weighted by atomic mass is 16.3. The summed E-state index contributed by atoms with van der Waals surface area (Å²) < 4.78 is 0. The third kappa shape index (κ3) is 5.37. The Labute approximate surface area is 60.9 Å². The normalized spacial score (nSPS) is 12.6. The van der Waals surface area contributed by atoms with E-state index in [9.17, 15) is 0 Å². The Morgan fingerprint density at radius 3 is 2.60 bits per heavy atom. The zero-order valence-electron chi connectivity index (χ0n) is 6.25. The summed E-state index contributed by atoms with van der Waals surface area (Å²) in [7, 11) is 0. The number of rotatable bonds is 4. The lowest BCUT2D eigenvalue weighted by atomic mass is 10.2. The SMILES string of the molecule is CCCC(O)CN=C(N)N. The fourth-order valence-electron chi connectivity index (χ4n) is 0.635. The Bertz CT molecular complexity index is 110. The van der Waals surface area contributed by atoms with Gasteiger partial charge in [0.15, 0.2) is 5.96 Å². The Morgan fingerprint density at radius 2 is 2.20 bits per heavy atom. The van der Waals surface area contributed by atoms with Gasteiger partial charge in [-0.2, -0.15) is 0 Å². The van der Waals surface area contributed by atoms with Gasteiger partial charge in [0.1, 0.15) is 0 Å². The van der Waals surface area contributed by atoms with E-state index in [1.165, 1.54) is 0 Å². The van der Waals surface area contributed by atoms with Crippen LogP contribution < -0.4 is 11.5 Å². The smallest absolute Gasteiger partial charge is 0.185 e. The largest absolute Gasteiger partial charge is 0.391 e. The summed E-state index contributed by atoms with van der Waals surface area (Å²) in [5.74, 6) is 0.0372. The van der Waals surface area contributed by atoms with Gasteiger partial charge >= 0.3 is 0 Å². The van der Waals surface area contributed by atoms with Gasteiger partial charge in [0, 0.05) is 0 Å². The van der Waals surface area contributed by atoms with Crippen molar-refractivity contribution >= 4 is 5.96 Å². The molecule has 4 heteroatoms. The van der Waals surface area contributed by atoms with Crippen molar-refractivity contribution in [2.24, 2.45) is 16.5 Å². The van der Waals surface area contributed by atoms with Crippen molar-refractivity contribution in [2.75, 3.05) is 6.54 Å². The van der Waals surface area contributed by atoms with Gasteiger partial charge < -0.3 is 16.6 Å². The maximum absolute atomic E-state index is 9.08. The third-order valence-corrected chi connectivity index (χ3v) is 1.11. The van der Waals surface area contributed by atoms with Crippen molar-refractivity contribution in [1.29, 1.82) is 0 Å². The Hall–Kier alpha value is -0.770. The second-order valence-electron chi connectivity index (χ2n) is 2.21. The first kappa shape index (κ1) is 9.23. The summed E-state index contributed by atoms with van der Waals surface area (Å²) in [5.41, 5.74) is 10.1.